The highest BCUT2D eigenvalue weighted by atomic mass is 16.3. The maximum atomic E-state index is 11.6. The van der Waals surface area contributed by atoms with Gasteiger partial charge in [-0.05, 0) is 13.0 Å². The Morgan fingerprint density at radius 2 is 2.26 bits per heavy atom. The summed E-state index contributed by atoms with van der Waals surface area (Å²) in [6.07, 6.45) is 2.72. The quantitative estimate of drug-likeness (QED) is 0.376. The Labute approximate surface area is 106 Å². The van der Waals surface area contributed by atoms with Crippen molar-refractivity contribution in [3.8, 4) is 0 Å². The zero-order valence-electron chi connectivity index (χ0n) is 10.1. The van der Waals surface area contributed by atoms with E-state index in [1.165, 1.54) is 23.1 Å². The highest BCUT2D eigenvalue weighted by molar-refractivity contribution is 5.94. The van der Waals surface area contributed by atoms with Gasteiger partial charge in [0.1, 0.15) is 5.76 Å². The van der Waals surface area contributed by atoms with E-state index >= 15 is 0 Å². The predicted octanol–water partition coefficient (Wildman–Crippen LogP) is -0.910. The lowest BCUT2D eigenvalue weighted by atomic mass is 10.2. The fourth-order valence-corrected chi connectivity index (χ4v) is 1.63. The van der Waals surface area contributed by atoms with Crippen LogP contribution in [0.1, 0.15) is 21.7 Å². The summed E-state index contributed by atoms with van der Waals surface area (Å²) >= 11 is 0. The first-order valence-electron chi connectivity index (χ1n) is 5.40. The van der Waals surface area contributed by atoms with Crippen LogP contribution in [0.2, 0.25) is 0 Å². The van der Waals surface area contributed by atoms with E-state index in [4.69, 9.17) is 10.3 Å². The zero-order valence-corrected chi connectivity index (χ0v) is 10.1. The molecule has 100 valence electrons. The Morgan fingerprint density at radius 1 is 1.53 bits per heavy atom. The second-order valence-corrected chi connectivity index (χ2v) is 3.93. The molecule has 0 atom stereocenters. The molecule has 0 spiro atoms. The van der Waals surface area contributed by atoms with E-state index in [0.717, 1.165) is 0 Å². The maximum absolute atomic E-state index is 11.6. The number of amides is 1. The number of rotatable bonds is 3. The third-order valence-electron chi connectivity index (χ3n) is 2.62. The topological polar surface area (TPSA) is 123 Å². The molecule has 2 rings (SSSR count). The molecule has 0 aliphatic carbocycles. The van der Waals surface area contributed by atoms with Gasteiger partial charge in [0.25, 0.3) is 11.5 Å². The molecule has 0 unspecified atom stereocenters. The molecule has 4 N–H and O–H groups in total. The smallest absolute Gasteiger partial charge is 0.328 e. The molecule has 2 aromatic rings. The number of aryl methyl sites for hydroxylation is 1. The van der Waals surface area contributed by atoms with Crippen molar-refractivity contribution in [2.24, 2.45) is 5.84 Å². The third kappa shape index (κ3) is 2.47. The van der Waals surface area contributed by atoms with E-state index in [1.807, 2.05) is 5.43 Å². The number of hydrogen-bond acceptors (Lipinski definition) is 5. The van der Waals surface area contributed by atoms with E-state index < -0.39 is 17.2 Å². The highest BCUT2D eigenvalue weighted by Gasteiger charge is 2.14. The second kappa shape index (κ2) is 4.94. The van der Waals surface area contributed by atoms with Crippen molar-refractivity contribution >= 4 is 5.91 Å². The standard InChI is InChI=1S/C11H12N4O4/c1-6-4-15(11(18)13-9(6)16)5-8-7(2-3-19-8)10(17)14-12/h2-4H,5,12H2,1H3,(H,14,17)(H,13,16,18). The van der Waals surface area contributed by atoms with Gasteiger partial charge in [0.15, 0.2) is 0 Å². The molecular weight excluding hydrogens is 252 g/mol. The van der Waals surface area contributed by atoms with Crippen LogP contribution >= 0.6 is 0 Å². The number of nitrogens with two attached hydrogens (primary N) is 1. The Balaban J connectivity index is 2.40. The van der Waals surface area contributed by atoms with Crippen molar-refractivity contribution < 1.29 is 9.21 Å². The number of carbonyl (C=O) groups is 1. The molecular formula is C11H12N4O4. The highest BCUT2D eigenvalue weighted by Crippen LogP contribution is 2.11. The van der Waals surface area contributed by atoms with Crippen LogP contribution < -0.4 is 22.5 Å². The normalized spacial score (nSPS) is 10.4. The first-order valence-corrected chi connectivity index (χ1v) is 5.40. The molecule has 0 saturated carbocycles. The van der Waals surface area contributed by atoms with E-state index in [2.05, 4.69) is 4.98 Å². The van der Waals surface area contributed by atoms with E-state index in [1.54, 1.807) is 6.92 Å². The van der Waals surface area contributed by atoms with Crippen LogP contribution in [0, 0.1) is 6.92 Å². The van der Waals surface area contributed by atoms with E-state index in [0.29, 0.717) is 5.56 Å². The minimum atomic E-state index is -0.578. The number of carbonyl (C=O) groups excluding carboxylic acids is 1. The van der Waals surface area contributed by atoms with Crippen molar-refractivity contribution in [2.75, 3.05) is 0 Å². The largest absolute Gasteiger partial charge is 0.467 e. The van der Waals surface area contributed by atoms with Crippen LogP contribution in [0.5, 0.6) is 0 Å². The van der Waals surface area contributed by atoms with Gasteiger partial charge in [0.2, 0.25) is 0 Å². The number of hydrogen-bond donors (Lipinski definition) is 3. The Morgan fingerprint density at radius 3 is 2.95 bits per heavy atom. The summed E-state index contributed by atoms with van der Waals surface area (Å²) in [4.78, 5) is 36.5. The number of nitrogen functional groups attached to an aromatic ring is 1. The average Bonchev–Trinajstić information content (AvgIpc) is 2.83. The number of aromatic amines is 1. The summed E-state index contributed by atoms with van der Waals surface area (Å²) in [6.45, 7) is 1.59. The van der Waals surface area contributed by atoms with Gasteiger partial charge in [-0.1, -0.05) is 0 Å². The van der Waals surface area contributed by atoms with Crippen molar-refractivity contribution in [1.82, 2.24) is 15.0 Å². The fourth-order valence-electron chi connectivity index (χ4n) is 1.63. The van der Waals surface area contributed by atoms with Crippen molar-refractivity contribution in [3.05, 3.63) is 56.3 Å². The Kier molecular flexibility index (Phi) is 3.34. The number of hydrazine groups is 1. The molecule has 0 radical (unpaired) electrons. The first kappa shape index (κ1) is 12.8. The SMILES string of the molecule is Cc1cn(Cc2occc2C(=O)NN)c(=O)[nH]c1=O. The molecule has 19 heavy (non-hydrogen) atoms. The van der Waals surface area contributed by atoms with Crippen LogP contribution in [0.3, 0.4) is 0 Å². The van der Waals surface area contributed by atoms with Crippen molar-refractivity contribution in [2.45, 2.75) is 13.5 Å². The van der Waals surface area contributed by atoms with Gasteiger partial charge in [-0.15, -0.1) is 0 Å². The Hall–Kier alpha value is -2.61. The van der Waals surface area contributed by atoms with Crippen LogP contribution in [0.25, 0.3) is 0 Å². The molecule has 0 saturated heterocycles. The molecule has 2 aromatic heterocycles. The summed E-state index contributed by atoms with van der Waals surface area (Å²) in [5, 5.41) is 0. The minimum absolute atomic E-state index is 0.0200. The molecule has 1 amide bonds. The van der Waals surface area contributed by atoms with Crippen LogP contribution in [-0.2, 0) is 6.54 Å². The third-order valence-corrected chi connectivity index (χ3v) is 2.62. The molecule has 0 aliphatic heterocycles. The zero-order chi connectivity index (χ0) is 14.0. The summed E-state index contributed by atoms with van der Waals surface area (Å²) in [7, 11) is 0. The van der Waals surface area contributed by atoms with Crippen molar-refractivity contribution in [1.29, 1.82) is 0 Å². The van der Waals surface area contributed by atoms with Crippen LogP contribution in [0.15, 0.2) is 32.5 Å². The van der Waals surface area contributed by atoms with Gasteiger partial charge in [-0.3, -0.25) is 24.6 Å². The predicted molar refractivity (Wildman–Crippen MR) is 65.5 cm³/mol. The van der Waals surface area contributed by atoms with Gasteiger partial charge >= 0.3 is 5.69 Å². The molecule has 0 fully saturated rings. The van der Waals surface area contributed by atoms with Gasteiger partial charge in [-0.2, -0.15) is 0 Å². The van der Waals surface area contributed by atoms with E-state index in [9.17, 15) is 14.4 Å². The molecule has 8 nitrogen and oxygen atoms in total. The maximum Gasteiger partial charge on any atom is 0.328 e. The lowest BCUT2D eigenvalue weighted by Crippen LogP contribution is -2.33. The second-order valence-electron chi connectivity index (χ2n) is 3.93. The molecule has 0 bridgehead atoms. The lowest BCUT2D eigenvalue weighted by molar-refractivity contribution is 0.0951. The number of furan rings is 1. The van der Waals surface area contributed by atoms with Crippen molar-refractivity contribution in [3.63, 3.8) is 0 Å². The Bertz CT molecular complexity index is 725. The fraction of sp³-hybridized carbons (Fsp3) is 0.182. The summed E-state index contributed by atoms with van der Waals surface area (Å²) in [5.74, 6) is 4.80. The summed E-state index contributed by atoms with van der Waals surface area (Å²) in [6, 6.07) is 1.45. The summed E-state index contributed by atoms with van der Waals surface area (Å²) < 4.78 is 6.39. The monoisotopic (exact) mass is 264 g/mol. The van der Waals surface area contributed by atoms with Crippen LogP contribution in [-0.4, -0.2) is 15.5 Å². The minimum Gasteiger partial charge on any atom is -0.467 e. The number of aromatic nitrogens is 2. The average molecular weight is 264 g/mol. The number of nitrogens with zero attached hydrogens (tertiary/aromatic N) is 1. The molecule has 2 heterocycles. The number of H-pyrrole nitrogens is 1. The van der Waals surface area contributed by atoms with Gasteiger partial charge in [-0.25, -0.2) is 10.6 Å². The first-order chi connectivity index (χ1) is 9.02. The molecule has 8 heteroatoms. The number of nitrogens with one attached hydrogen (secondary N) is 2. The molecule has 0 aromatic carbocycles. The summed E-state index contributed by atoms with van der Waals surface area (Å²) in [5.41, 5.74) is 1.58. The van der Waals surface area contributed by atoms with Gasteiger partial charge in [0, 0.05) is 11.8 Å². The van der Waals surface area contributed by atoms with Gasteiger partial charge in [0.05, 0.1) is 18.4 Å². The van der Waals surface area contributed by atoms with Gasteiger partial charge < -0.3 is 4.42 Å². The van der Waals surface area contributed by atoms with Crippen LogP contribution in [0.4, 0.5) is 0 Å². The molecule has 0 aliphatic rings. The van der Waals surface area contributed by atoms with E-state index in [-0.39, 0.29) is 17.9 Å². The lowest BCUT2D eigenvalue weighted by Gasteiger charge is -2.05.